The quantitative estimate of drug-likeness (QED) is 0.666. The molecule has 4 aliphatic rings. The highest BCUT2D eigenvalue weighted by Gasteiger charge is 2.67. The van der Waals surface area contributed by atoms with E-state index in [1.54, 1.807) is 0 Å². The van der Waals surface area contributed by atoms with Gasteiger partial charge in [0.25, 0.3) is 0 Å². The molecule has 6 atom stereocenters. The van der Waals surface area contributed by atoms with E-state index < -0.39 is 0 Å². The Labute approximate surface area is 134 Å². The number of rotatable bonds is 1. The first kappa shape index (κ1) is 14.9. The summed E-state index contributed by atoms with van der Waals surface area (Å²) in [6.45, 7) is 6.88. The third kappa shape index (κ3) is 1.62. The number of carbonyl (C=O) groups excluding carboxylic acids is 2. The Balaban J connectivity index is 1.75. The standard InChI is InChI=1S/C20H30O2/c1-17-9-5-15-19(3)8-4-7-18(2,13-21)14(19)6-10-20(15,12-17)11-16(17)22/h13-15H,4-12H2,1-3H3. The van der Waals surface area contributed by atoms with Crippen molar-refractivity contribution < 1.29 is 9.59 Å². The fraction of sp³-hybridized carbons (Fsp3) is 0.900. The van der Waals surface area contributed by atoms with E-state index in [9.17, 15) is 9.59 Å². The van der Waals surface area contributed by atoms with Crippen LogP contribution in [0.3, 0.4) is 0 Å². The molecule has 4 aliphatic carbocycles. The van der Waals surface area contributed by atoms with Gasteiger partial charge in [0.1, 0.15) is 12.1 Å². The van der Waals surface area contributed by atoms with Gasteiger partial charge in [-0.1, -0.05) is 27.2 Å². The molecule has 0 saturated heterocycles. The van der Waals surface area contributed by atoms with Gasteiger partial charge in [0.05, 0.1) is 0 Å². The predicted molar refractivity (Wildman–Crippen MR) is 86.4 cm³/mol. The van der Waals surface area contributed by atoms with E-state index in [4.69, 9.17) is 0 Å². The maximum absolute atomic E-state index is 12.6. The molecular formula is C20H30O2. The van der Waals surface area contributed by atoms with Gasteiger partial charge in [-0.05, 0) is 67.6 Å². The van der Waals surface area contributed by atoms with Crippen LogP contribution in [0, 0.1) is 33.5 Å². The van der Waals surface area contributed by atoms with Gasteiger partial charge in [0, 0.05) is 17.3 Å². The van der Waals surface area contributed by atoms with Crippen molar-refractivity contribution in [2.24, 2.45) is 33.5 Å². The van der Waals surface area contributed by atoms with Crippen molar-refractivity contribution in [1.82, 2.24) is 0 Å². The van der Waals surface area contributed by atoms with Gasteiger partial charge in [0.2, 0.25) is 0 Å². The van der Waals surface area contributed by atoms with Crippen molar-refractivity contribution in [3.63, 3.8) is 0 Å². The summed E-state index contributed by atoms with van der Waals surface area (Å²) in [5, 5.41) is 0. The van der Waals surface area contributed by atoms with Gasteiger partial charge < -0.3 is 4.79 Å². The zero-order valence-electron chi connectivity index (χ0n) is 14.4. The summed E-state index contributed by atoms with van der Waals surface area (Å²) in [5.41, 5.74) is 0.398. The van der Waals surface area contributed by atoms with Crippen molar-refractivity contribution in [3.05, 3.63) is 0 Å². The Hall–Kier alpha value is -0.660. The highest BCUT2D eigenvalue weighted by molar-refractivity contribution is 5.88. The molecule has 0 aromatic rings. The van der Waals surface area contributed by atoms with Crippen LogP contribution < -0.4 is 0 Å². The third-order valence-electron chi connectivity index (χ3n) is 8.67. The van der Waals surface area contributed by atoms with E-state index >= 15 is 0 Å². The highest BCUT2D eigenvalue weighted by atomic mass is 16.1. The minimum absolute atomic E-state index is 0.0255. The average molecular weight is 302 g/mol. The Morgan fingerprint density at radius 1 is 1.00 bits per heavy atom. The summed E-state index contributed by atoms with van der Waals surface area (Å²) in [6.07, 6.45) is 11.4. The first-order valence-corrected chi connectivity index (χ1v) is 9.28. The minimum Gasteiger partial charge on any atom is -0.303 e. The lowest BCUT2D eigenvalue weighted by Gasteiger charge is -2.63. The molecule has 2 bridgehead atoms. The van der Waals surface area contributed by atoms with Crippen LogP contribution in [0.15, 0.2) is 0 Å². The molecule has 22 heavy (non-hydrogen) atoms. The number of hydrogen-bond acceptors (Lipinski definition) is 2. The Bertz CT molecular complexity index is 540. The summed E-state index contributed by atoms with van der Waals surface area (Å²) < 4.78 is 0. The van der Waals surface area contributed by atoms with Crippen molar-refractivity contribution in [2.45, 2.75) is 78.6 Å². The van der Waals surface area contributed by atoms with Crippen molar-refractivity contribution >= 4 is 12.1 Å². The van der Waals surface area contributed by atoms with Gasteiger partial charge in [0.15, 0.2) is 0 Å². The molecule has 0 heterocycles. The summed E-state index contributed by atoms with van der Waals surface area (Å²) >= 11 is 0. The molecule has 0 aliphatic heterocycles. The fourth-order valence-electron chi connectivity index (χ4n) is 7.70. The summed E-state index contributed by atoms with van der Waals surface area (Å²) in [4.78, 5) is 24.5. The van der Waals surface area contributed by atoms with Crippen LogP contribution in [0.1, 0.15) is 78.6 Å². The number of carbonyl (C=O) groups is 2. The van der Waals surface area contributed by atoms with Crippen LogP contribution in [-0.2, 0) is 9.59 Å². The van der Waals surface area contributed by atoms with E-state index in [-0.39, 0.29) is 21.7 Å². The molecule has 0 N–H and O–H groups in total. The first-order chi connectivity index (χ1) is 10.3. The molecule has 0 radical (unpaired) electrons. The topological polar surface area (TPSA) is 34.1 Å². The molecular weight excluding hydrogens is 272 g/mol. The maximum atomic E-state index is 12.6. The van der Waals surface area contributed by atoms with E-state index in [1.807, 2.05) is 0 Å². The second-order valence-electron chi connectivity index (χ2n) is 9.87. The molecule has 6 unspecified atom stereocenters. The zero-order valence-corrected chi connectivity index (χ0v) is 14.4. The minimum atomic E-state index is -0.127. The molecule has 4 rings (SSSR count). The van der Waals surface area contributed by atoms with Crippen LogP contribution in [0.2, 0.25) is 0 Å². The molecule has 4 saturated carbocycles. The van der Waals surface area contributed by atoms with Crippen LogP contribution in [0.4, 0.5) is 0 Å². The molecule has 2 heteroatoms. The monoisotopic (exact) mass is 302 g/mol. The lowest BCUT2D eigenvalue weighted by Crippen LogP contribution is -2.57. The summed E-state index contributed by atoms with van der Waals surface area (Å²) in [5.74, 6) is 1.73. The highest BCUT2D eigenvalue weighted by Crippen LogP contribution is 2.72. The van der Waals surface area contributed by atoms with Crippen molar-refractivity contribution in [1.29, 1.82) is 0 Å². The van der Waals surface area contributed by atoms with Gasteiger partial charge in [-0.25, -0.2) is 0 Å². The summed E-state index contributed by atoms with van der Waals surface area (Å²) in [7, 11) is 0. The van der Waals surface area contributed by atoms with Crippen molar-refractivity contribution in [2.75, 3.05) is 0 Å². The lowest BCUT2D eigenvalue weighted by atomic mass is 9.40. The Kier molecular flexibility index (Phi) is 2.87. The van der Waals surface area contributed by atoms with Crippen LogP contribution in [-0.4, -0.2) is 12.1 Å². The third-order valence-corrected chi connectivity index (χ3v) is 8.67. The SMILES string of the molecule is CC12CCC3C(CCC4C(C)(C=O)CCCC43C)(CC1=O)C2. The van der Waals surface area contributed by atoms with Gasteiger partial charge in [-0.3, -0.25) is 4.79 Å². The lowest BCUT2D eigenvalue weighted by molar-refractivity contribution is -0.160. The van der Waals surface area contributed by atoms with E-state index in [0.29, 0.717) is 17.6 Å². The Morgan fingerprint density at radius 2 is 1.73 bits per heavy atom. The zero-order chi connectivity index (χ0) is 15.8. The fourth-order valence-corrected chi connectivity index (χ4v) is 7.70. The van der Waals surface area contributed by atoms with Gasteiger partial charge >= 0.3 is 0 Å². The number of Topliss-reactive ketones (excluding diaryl/α,β-unsaturated/α-hetero) is 1. The molecule has 1 spiro atoms. The Morgan fingerprint density at radius 3 is 2.45 bits per heavy atom. The molecule has 0 aromatic heterocycles. The predicted octanol–water partition coefficient (Wildman–Crippen LogP) is 4.56. The van der Waals surface area contributed by atoms with E-state index in [0.717, 1.165) is 32.1 Å². The van der Waals surface area contributed by atoms with E-state index in [1.165, 1.54) is 32.0 Å². The van der Waals surface area contributed by atoms with Gasteiger partial charge in [-0.15, -0.1) is 0 Å². The molecule has 0 aromatic carbocycles. The van der Waals surface area contributed by atoms with Crippen LogP contribution >= 0.6 is 0 Å². The molecule has 0 amide bonds. The largest absolute Gasteiger partial charge is 0.303 e. The average Bonchev–Trinajstić information content (AvgIpc) is 2.64. The second-order valence-corrected chi connectivity index (χ2v) is 9.87. The van der Waals surface area contributed by atoms with Crippen molar-refractivity contribution in [3.8, 4) is 0 Å². The second kappa shape index (κ2) is 4.24. The molecule has 4 fully saturated rings. The van der Waals surface area contributed by atoms with Crippen LogP contribution in [0.5, 0.6) is 0 Å². The molecule has 2 nitrogen and oxygen atoms in total. The maximum Gasteiger partial charge on any atom is 0.139 e. The number of ketones is 1. The number of hydrogen-bond donors (Lipinski definition) is 0. The number of fused-ring (bicyclic) bond motifs is 3. The van der Waals surface area contributed by atoms with Gasteiger partial charge in [-0.2, -0.15) is 0 Å². The smallest absolute Gasteiger partial charge is 0.139 e. The molecule has 122 valence electrons. The number of aldehydes is 1. The normalized spacial score (nSPS) is 57.1. The van der Waals surface area contributed by atoms with E-state index in [2.05, 4.69) is 20.8 Å². The first-order valence-electron chi connectivity index (χ1n) is 9.28. The summed E-state index contributed by atoms with van der Waals surface area (Å²) in [6, 6.07) is 0. The van der Waals surface area contributed by atoms with Crippen LogP contribution in [0.25, 0.3) is 0 Å².